The number of hydrogen-bond donors (Lipinski definition) is 1. The Morgan fingerprint density at radius 2 is 2.11 bits per heavy atom. The van der Waals surface area contributed by atoms with Crippen molar-refractivity contribution in [3.05, 3.63) is 44.2 Å². The van der Waals surface area contributed by atoms with Gasteiger partial charge in [-0.1, -0.05) is 22.0 Å². The van der Waals surface area contributed by atoms with Crippen molar-refractivity contribution in [1.29, 1.82) is 0 Å². The van der Waals surface area contributed by atoms with E-state index in [4.69, 9.17) is 4.74 Å². The molecule has 5 heteroatoms. The highest BCUT2D eigenvalue weighted by Gasteiger charge is 2.19. The molecule has 4 nitrogen and oxygen atoms in total. The second kappa shape index (κ2) is 5.17. The van der Waals surface area contributed by atoms with Crippen molar-refractivity contribution in [3.8, 4) is 0 Å². The topological polar surface area (TPSA) is 59.2 Å². The molecule has 0 fully saturated rings. The fourth-order valence-corrected chi connectivity index (χ4v) is 2.46. The molecule has 1 atom stereocenters. The molecular formula is C14H14BrNO3. The largest absolute Gasteiger partial charge is 0.469 e. The SMILES string of the molecule is COC(=O)C(C)c1cc(=O)[nH]c2c(C)c(Br)ccc12. The number of rotatable bonds is 2. The quantitative estimate of drug-likeness (QED) is 0.864. The van der Waals surface area contributed by atoms with Crippen LogP contribution in [0.5, 0.6) is 0 Å². The van der Waals surface area contributed by atoms with Gasteiger partial charge in [0.25, 0.3) is 0 Å². The zero-order valence-electron chi connectivity index (χ0n) is 10.9. The molecule has 100 valence electrons. The lowest BCUT2D eigenvalue weighted by Gasteiger charge is -2.13. The molecule has 0 aliphatic carbocycles. The molecule has 1 heterocycles. The number of methoxy groups -OCH3 is 1. The summed E-state index contributed by atoms with van der Waals surface area (Å²) in [5.74, 6) is -0.831. The summed E-state index contributed by atoms with van der Waals surface area (Å²) < 4.78 is 5.66. The van der Waals surface area contributed by atoms with Crippen molar-refractivity contribution in [2.24, 2.45) is 0 Å². The molecule has 0 bridgehead atoms. The highest BCUT2D eigenvalue weighted by Crippen LogP contribution is 2.29. The summed E-state index contributed by atoms with van der Waals surface area (Å²) in [4.78, 5) is 26.2. The van der Waals surface area contributed by atoms with Gasteiger partial charge in [0.05, 0.1) is 18.5 Å². The summed E-state index contributed by atoms with van der Waals surface area (Å²) in [6, 6.07) is 5.25. The Morgan fingerprint density at radius 1 is 1.42 bits per heavy atom. The lowest BCUT2D eigenvalue weighted by Crippen LogP contribution is -2.15. The van der Waals surface area contributed by atoms with Gasteiger partial charge in [-0.2, -0.15) is 0 Å². The number of pyridine rings is 1. The minimum Gasteiger partial charge on any atom is -0.469 e. The fourth-order valence-electron chi connectivity index (χ4n) is 2.13. The van der Waals surface area contributed by atoms with E-state index in [9.17, 15) is 9.59 Å². The standard InChI is InChI=1S/C14H14BrNO3/c1-7(14(18)19-3)10-6-12(17)16-13-8(2)11(15)5-4-9(10)13/h4-7H,1-3H3,(H,16,17). The van der Waals surface area contributed by atoms with E-state index in [0.717, 1.165) is 20.9 Å². The predicted molar refractivity (Wildman–Crippen MR) is 77.4 cm³/mol. The van der Waals surface area contributed by atoms with E-state index in [0.29, 0.717) is 5.56 Å². The van der Waals surface area contributed by atoms with E-state index in [1.165, 1.54) is 13.2 Å². The van der Waals surface area contributed by atoms with Crippen LogP contribution in [0.3, 0.4) is 0 Å². The first-order valence-electron chi connectivity index (χ1n) is 5.85. The van der Waals surface area contributed by atoms with E-state index in [-0.39, 0.29) is 11.5 Å². The van der Waals surface area contributed by atoms with Gasteiger partial charge in [0, 0.05) is 15.9 Å². The number of aromatic amines is 1. The van der Waals surface area contributed by atoms with Gasteiger partial charge in [0.2, 0.25) is 5.56 Å². The van der Waals surface area contributed by atoms with Crippen LogP contribution in [0, 0.1) is 6.92 Å². The molecule has 0 aliphatic rings. The van der Waals surface area contributed by atoms with Crippen molar-refractivity contribution in [2.75, 3.05) is 7.11 Å². The molecule has 1 unspecified atom stereocenters. The molecule has 0 amide bonds. The van der Waals surface area contributed by atoms with Crippen LogP contribution in [0.25, 0.3) is 10.9 Å². The third-order valence-corrected chi connectivity index (χ3v) is 4.13. The first kappa shape index (κ1) is 13.8. The van der Waals surface area contributed by atoms with E-state index in [1.54, 1.807) is 6.92 Å². The van der Waals surface area contributed by atoms with Gasteiger partial charge in [-0.25, -0.2) is 0 Å². The second-order valence-electron chi connectivity index (χ2n) is 4.43. The molecule has 0 radical (unpaired) electrons. The van der Waals surface area contributed by atoms with Gasteiger partial charge < -0.3 is 9.72 Å². The molecule has 2 rings (SSSR count). The van der Waals surface area contributed by atoms with Crippen molar-refractivity contribution in [1.82, 2.24) is 4.98 Å². The maximum atomic E-state index is 11.8. The van der Waals surface area contributed by atoms with Crippen LogP contribution >= 0.6 is 15.9 Å². The first-order valence-corrected chi connectivity index (χ1v) is 6.65. The summed E-state index contributed by atoms with van der Waals surface area (Å²) in [5.41, 5.74) is 2.14. The van der Waals surface area contributed by atoms with Crippen LogP contribution in [0.1, 0.15) is 24.0 Å². The minimum absolute atomic E-state index is 0.223. The van der Waals surface area contributed by atoms with Crippen LogP contribution in [-0.2, 0) is 9.53 Å². The number of aromatic nitrogens is 1. The molecule has 1 N–H and O–H groups in total. The number of halogens is 1. The number of carbonyl (C=O) groups is 1. The monoisotopic (exact) mass is 323 g/mol. The second-order valence-corrected chi connectivity index (χ2v) is 5.28. The highest BCUT2D eigenvalue weighted by molar-refractivity contribution is 9.10. The Bertz CT molecular complexity index is 706. The summed E-state index contributed by atoms with van der Waals surface area (Å²) in [6.45, 7) is 3.65. The Balaban J connectivity index is 2.78. The predicted octanol–water partition coefficient (Wildman–Crippen LogP) is 2.88. The van der Waals surface area contributed by atoms with Crippen LogP contribution in [-0.4, -0.2) is 18.1 Å². The van der Waals surface area contributed by atoms with Gasteiger partial charge in [0.1, 0.15) is 0 Å². The summed E-state index contributed by atoms with van der Waals surface area (Å²) in [6.07, 6.45) is 0. The van der Waals surface area contributed by atoms with Gasteiger partial charge in [0.15, 0.2) is 0 Å². The van der Waals surface area contributed by atoms with Gasteiger partial charge in [-0.3, -0.25) is 9.59 Å². The minimum atomic E-state index is -0.477. The van der Waals surface area contributed by atoms with Crippen LogP contribution in [0.4, 0.5) is 0 Å². The van der Waals surface area contributed by atoms with Crippen LogP contribution in [0.2, 0.25) is 0 Å². The number of carbonyl (C=O) groups excluding carboxylic acids is 1. The number of esters is 1. The highest BCUT2D eigenvalue weighted by atomic mass is 79.9. The van der Waals surface area contributed by atoms with Crippen LogP contribution < -0.4 is 5.56 Å². The van der Waals surface area contributed by atoms with E-state index >= 15 is 0 Å². The number of nitrogens with one attached hydrogen (secondary N) is 1. The molecule has 2 aromatic rings. The maximum Gasteiger partial charge on any atom is 0.312 e. The lowest BCUT2D eigenvalue weighted by molar-refractivity contribution is -0.141. The summed E-state index contributed by atoms with van der Waals surface area (Å²) >= 11 is 3.43. The number of fused-ring (bicyclic) bond motifs is 1. The molecule has 0 spiro atoms. The third-order valence-electron chi connectivity index (χ3n) is 3.27. The lowest BCUT2D eigenvalue weighted by atomic mass is 9.96. The smallest absolute Gasteiger partial charge is 0.312 e. The third kappa shape index (κ3) is 2.42. The maximum absolute atomic E-state index is 11.8. The van der Waals surface area contributed by atoms with Crippen molar-refractivity contribution < 1.29 is 9.53 Å². The fraction of sp³-hybridized carbons (Fsp3) is 0.286. The average molecular weight is 324 g/mol. The summed E-state index contributed by atoms with van der Waals surface area (Å²) in [7, 11) is 1.34. The van der Waals surface area contributed by atoms with Crippen molar-refractivity contribution >= 4 is 32.8 Å². The molecule has 0 aliphatic heterocycles. The molecule has 0 saturated carbocycles. The first-order chi connectivity index (χ1) is 8.95. The summed E-state index contributed by atoms with van der Waals surface area (Å²) in [5, 5.41) is 0.859. The number of aryl methyl sites for hydroxylation is 1. The van der Waals surface area contributed by atoms with Crippen molar-refractivity contribution in [3.63, 3.8) is 0 Å². The molecule has 1 aromatic carbocycles. The zero-order valence-corrected chi connectivity index (χ0v) is 12.5. The Morgan fingerprint density at radius 3 is 2.74 bits per heavy atom. The Labute approximate surface area is 118 Å². The van der Waals surface area contributed by atoms with Gasteiger partial charge in [-0.05, 0) is 31.0 Å². The molecule has 1 aromatic heterocycles. The number of hydrogen-bond acceptors (Lipinski definition) is 3. The number of ether oxygens (including phenoxy) is 1. The van der Waals surface area contributed by atoms with Crippen molar-refractivity contribution in [2.45, 2.75) is 19.8 Å². The van der Waals surface area contributed by atoms with Gasteiger partial charge in [-0.15, -0.1) is 0 Å². The average Bonchev–Trinajstić information content (AvgIpc) is 2.41. The van der Waals surface area contributed by atoms with E-state index in [2.05, 4.69) is 20.9 Å². The molecule has 0 saturated heterocycles. The number of H-pyrrole nitrogens is 1. The van der Waals surface area contributed by atoms with Crippen LogP contribution in [0.15, 0.2) is 27.5 Å². The van der Waals surface area contributed by atoms with E-state index in [1.807, 2.05) is 19.1 Å². The Kier molecular flexibility index (Phi) is 3.75. The Hall–Kier alpha value is -1.62. The molecular weight excluding hydrogens is 310 g/mol. The molecule has 19 heavy (non-hydrogen) atoms. The normalized spacial score (nSPS) is 12.4. The van der Waals surface area contributed by atoms with E-state index < -0.39 is 5.92 Å². The zero-order chi connectivity index (χ0) is 14.2. The van der Waals surface area contributed by atoms with Gasteiger partial charge >= 0.3 is 5.97 Å². The number of benzene rings is 1.